The van der Waals surface area contributed by atoms with Gasteiger partial charge < -0.3 is 49.6 Å². The Labute approximate surface area is 272 Å². The molecule has 2 aromatic carbocycles. The standard InChI is InChI=1S/C35H46O12/c1-2-3-4-5-6-7-8-9-10-11-12-13-28(40)45-19-27-31(41)33(43)34(44)35(47-27)30-24(39)18-26-29(32(30)42)23(38)17-25(46-26)20-14-15-21(36)22(37)16-20/h14-18,27,31,33-37,39,41-44H,2-13,19H2,1H3/t27-,31-,33+,34-,35+/m1/s1. The number of unbranched alkanes of at least 4 members (excludes halogenated alkanes) is 10. The molecule has 0 amide bonds. The van der Waals surface area contributed by atoms with E-state index in [0.717, 1.165) is 37.5 Å². The third-order valence-corrected chi connectivity index (χ3v) is 8.66. The lowest BCUT2D eigenvalue weighted by atomic mass is 9.89. The number of aliphatic hydroxyl groups is 3. The molecule has 0 saturated carbocycles. The van der Waals surface area contributed by atoms with Gasteiger partial charge in [0.2, 0.25) is 0 Å². The fourth-order valence-electron chi connectivity index (χ4n) is 5.91. The fourth-order valence-corrected chi connectivity index (χ4v) is 5.91. The molecule has 0 spiro atoms. The van der Waals surface area contributed by atoms with Gasteiger partial charge in [0.25, 0.3) is 0 Å². The van der Waals surface area contributed by atoms with Crippen molar-refractivity contribution in [2.75, 3.05) is 6.61 Å². The third kappa shape index (κ3) is 8.95. The zero-order chi connectivity index (χ0) is 34.1. The molecule has 1 fully saturated rings. The Morgan fingerprint density at radius 2 is 1.40 bits per heavy atom. The van der Waals surface area contributed by atoms with Gasteiger partial charge in [-0.3, -0.25) is 9.59 Å². The van der Waals surface area contributed by atoms with Crippen LogP contribution in [0.5, 0.6) is 23.0 Å². The summed E-state index contributed by atoms with van der Waals surface area (Å²) in [6.07, 6.45) is 4.38. The summed E-state index contributed by atoms with van der Waals surface area (Å²) < 4.78 is 16.7. The number of benzene rings is 2. The molecule has 7 N–H and O–H groups in total. The number of rotatable bonds is 16. The van der Waals surface area contributed by atoms with E-state index in [4.69, 9.17) is 13.9 Å². The Balaban J connectivity index is 1.37. The Hall–Kier alpha value is -3.84. The van der Waals surface area contributed by atoms with E-state index >= 15 is 0 Å². The molecule has 1 aromatic heterocycles. The molecule has 1 aliphatic heterocycles. The smallest absolute Gasteiger partial charge is 0.305 e. The van der Waals surface area contributed by atoms with Crippen LogP contribution in [0.2, 0.25) is 0 Å². The summed E-state index contributed by atoms with van der Waals surface area (Å²) in [5.74, 6) is -2.82. The molecule has 2 heterocycles. The second-order valence-corrected chi connectivity index (χ2v) is 12.2. The van der Waals surface area contributed by atoms with Crippen LogP contribution in [0.15, 0.2) is 39.5 Å². The van der Waals surface area contributed by atoms with Crippen LogP contribution >= 0.6 is 0 Å². The first-order chi connectivity index (χ1) is 22.5. The highest BCUT2D eigenvalue weighted by Crippen LogP contribution is 2.45. The highest BCUT2D eigenvalue weighted by atomic mass is 16.6. The number of aliphatic hydroxyl groups excluding tert-OH is 3. The van der Waals surface area contributed by atoms with Gasteiger partial charge in [-0.1, -0.05) is 71.1 Å². The Morgan fingerprint density at radius 3 is 2.04 bits per heavy atom. The molecule has 3 aromatic rings. The normalized spacial score (nSPS) is 21.2. The summed E-state index contributed by atoms with van der Waals surface area (Å²) in [4.78, 5) is 25.5. The summed E-state index contributed by atoms with van der Waals surface area (Å²) in [5.41, 5.74) is -1.19. The molecule has 0 radical (unpaired) electrons. The largest absolute Gasteiger partial charge is 0.507 e. The van der Waals surface area contributed by atoms with E-state index in [1.807, 2.05) is 0 Å². The lowest BCUT2D eigenvalue weighted by molar-refractivity contribution is -0.235. The van der Waals surface area contributed by atoms with Crippen molar-refractivity contribution in [3.8, 4) is 34.3 Å². The number of ether oxygens (including phenoxy) is 2. The first-order valence-corrected chi connectivity index (χ1v) is 16.4. The molecule has 0 aliphatic carbocycles. The van der Waals surface area contributed by atoms with Gasteiger partial charge in [0.15, 0.2) is 16.9 Å². The minimum Gasteiger partial charge on any atom is -0.507 e. The first kappa shape index (κ1) is 36.0. The van der Waals surface area contributed by atoms with Gasteiger partial charge in [-0.2, -0.15) is 0 Å². The van der Waals surface area contributed by atoms with Gasteiger partial charge in [0, 0.05) is 24.1 Å². The molecule has 12 nitrogen and oxygen atoms in total. The van der Waals surface area contributed by atoms with E-state index in [0.29, 0.717) is 6.42 Å². The monoisotopic (exact) mass is 658 g/mol. The molecule has 47 heavy (non-hydrogen) atoms. The predicted molar refractivity (Wildman–Crippen MR) is 172 cm³/mol. The zero-order valence-corrected chi connectivity index (χ0v) is 26.6. The molecular weight excluding hydrogens is 612 g/mol. The summed E-state index contributed by atoms with van der Waals surface area (Å²) >= 11 is 0. The molecule has 1 saturated heterocycles. The molecule has 0 unspecified atom stereocenters. The maximum absolute atomic E-state index is 13.1. The average molecular weight is 659 g/mol. The minimum absolute atomic E-state index is 0.0353. The van der Waals surface area contributed by atoms with Crippen LogP contribution in [0.3, 0.4) is 0 Å². The van der Waals surface area contributed by atoms with Gasteiger partial charge in [0.05, 0.1) is 5.56 Å². The molecule has 258 valence electrons. The van der Waals surface area contributed by atoms with Crippen molar-refractivity contribution < 1.29 is 54.4 Å². The average Bonchev–Trinajstić information content (AvgIpc) is 3.03. The number of esters is 1. The quantitative estimate of drug-likeness (QED) is 0.0613. The van der Waals surface area contributed by atoms with Crippen LogP contribution in [0.25, 0.3) is 22.3 Å². The van der Waals surface area contributed by atoms with Gasteiger partial charge >= 0.3 is 5.97 Å². The number of carbonyl (C=O) groups is 1. The van der Waals surface area contributed by atoms with Gasteiger partial charge in [-0.05, 0) is 24.6 Å². The van der Waals surface area contributed by atoms with E-state index in [2.05, 4.69) is 6.92 Å². The van der Waals surface area contributed by atoms with E-state index < -0.39 is 71.3 Å². The summed E-state index contributed by atoms with van der Waals surface area (Å²) in [6.45, 7) is 1.74. The number of hydrogen-bond acceptors (Lipinski definition) is 12. The fraction of sp³-hybridized carbons (Fsp3) is 0.543. The van der Waals surface area contributed by atoms with Crippen LogP contribution in [-0.2, 0) is 14.3 Å². The van der Waals surface area contributed by atoms with Crippen molar-refractivity contribution >= 4 is 16.9 Å². The van der Waals surface area contributed by atoms with Crippen LogP contribution < -0.4 is 5.43 Å². The number of hydrogen-bond donors (Lipinski definition) is 7. The number of phenols is 4. The number of fused-ring (bicyclic) bond motifs is 1. The van der Waals surface area contributed by atoms with E-state index in [9.17, 15) is 45.3 Å². The SMILES string of the molecule is CCCCCCCCCCCCCC(=O)OC[C@H]1O[C@@H](c2c(O)cc3oc(-c4ccc(O)c(O)c4)cc(=O)c3c2O)[C@H](O)[C@@H](O)[C@@H]1O. The molecule has 5 atom stereocenters. The van der Waals surface area contributed by atoms with Crippen molar-refractivity contribution in [3.63, 3.8) is 0 Å². The Bertz CT molecular complexity index is 1550. The van der Waals surface area contributed by atoms with E-state index in [1.54, 1.807) is 0 Å². The number of phenolic OH excluding ortho intramolecular Hbond substituents is 4. The van der Waals surface area contributed by atoms with E-state index in [1.165, 1.54) is 57.1 Å². The zero-order valence-electron chi connectivity index (χ0n) is 26.6. The lowest BCUT2D eigenvalue weighted by Crippen LogP contribution is -2.55. The van der Waals surface area contributed by atoms with Gasteiger partial charge in [-0.15, -0.1) is 0 Å². The second kappa shape index (κ2) is 16.8. The maximum atomic E-state index is 13.1. The minimum atomic E-state index is -1.84. The highest BCUT2D eigenvalue weighted by Gasteiger charge is 2.46. The van der Waals surface area contributed by atoms with Crippen molar-refractivity contribution in [2.45, 2.75) is 114 Å². The number of aromatic hydroxyl groups is 4. The first-order valence-electron chi connectivity index (χ1n) is 16.4. The van der Waals surface area contributed by atoms with Gasteiger partial charge in [-0.25, -0.2) is 0 Å². The Morgan fingerprint density at radius 1 is 0.766 bits per heavy atom. The highest BCUT2D eigenvalue weighted by molar-refractivity contribution is 5.88. The maximum Gasteiger partial charge on any atom is 0.305 e. The second-order valence-electron chi connectivity index (χ2n) is 12.2. The molecule has 0 bridgehead atoms. The summed E-state index contributed by atoms with van der Waals surface area (Å²) in [7, 11) is 0. The molecule has 12 heteroatoms. The van der Waals surface area contributed by atoms with Crippen molar-refractivity contribution in [1.82, 2.24) is 0 Å². The summed E-state index contributed by atoms with van der Waals surface area (Å²) in [6, 6.07) is 5.80. The molecule has 1 aliphatic rings. The van der Waals surface area contributed by atoms with E-state index in [-0.39, 0.29) is 34.5 Å². The van der Waals surface area contributed by atoms with Crippen LogP contribution in [0, 0.1) is 0 Å². The molecular formula is C35H46O12. The predicted octanol–water partition coefficient (Wildman–Crippen LogP) is 5.05. The molecule has 4 rings (SSSR count). The lowest BCUT2D eigenvalue weighted by Gasteiger charge is -2.40. The van der Waals surface area contributed by atoms with Crippen molar-refractivity contribution in [2.24, 2.45) is 0 Å². The van der Waals surface area contributed by atoms with Crippen LogP contribution in [-0.4, -0.2) is 72.7 Å². The summed E-state index contributed by atoms with van der Waals surface area (Å²) in [5, 5.41) is 72.9. The van der Waals surface area contributed by atoms with Crippen LogP contribution in [0.4, 0.5) is 0 Å². The van der Waals surface area contributed by atoms with Gasteiger partial charge in [0.1, 0.15) is 65.4 Å². The van der Waals surface area contributed by atoms with Crippen molar-refractivity contribution in [3.05, 3.63) is 46.1 Å². The number of carbonyl (C=O) groups excluding carboxylic acids is 1. The van der Waals surface area contributed by atoms with Crippen LogP contribution in [0.1, 0.15) is 95.6 Å². The topological polar surface area (TPSA) is 207 Å². The third-order valence-electron chi connectivity index (χ3n) is 8.66. The Kier molecular flexibility index (Phi) is 12.9. The van der Waals surface area contributed by atoms with Crippen molar-refractivity contribution in [1.29, 1.82) is 0 Å².